The van der Waals surface area contributed by atoms with Crippen LogP contribution in [0.5, 0.6) is 0 Å². The molecule has 2 heterocycles. The van der Waals surface area contributed by atoms with E-state index in [2.05, 4.69) is 5.32 Å². The van der Waals surface area contributed by atoms with E-state index < -0.39 is 17.5 Å². The predicted molar refractivity (Wildman–Crippen MR) is 92.2 cm³/mol. The number of hydrogen-bond acceptors (Lipinski definition) is 4. The van der Waals surface area contributed by atoms with E-state index in [1.807, 2.05) is 31.4 Å². The van der Waals surface area contributed by atoms with Crippen molar-refractivity contribution in [2.75, 3.05) is 6.54 Å². The first-order valence-electron chi connectivity index (χ1n) is 7.61. The van der Waals surface area contributed by atoms with Crippen LogP contribution in [0.1, 0.15) is 33.3 Å². The first kappa shape index (κ1) is 16.4. The summed E-state index contributed by atoms with van der Waals surface area (Å²) >= 11 is 1.40. The second-order valence-electron chi connectivity index (χ2n) is 6.15. The molecule has 1 aromatic heterocycles. The van der Waals surface area contributed by atoms with E-state index in [4.69, 9.17) is 0 Å². The average Bonchev–Trinajstić information content (AvgIpc) is 3.14. The third-order valence-electron chi connectivity index (χ3n) is 4.42. The molecule has 24 heavy (non-hydrogen) atoms. The Kier molecular flexibility index (Phi) is 4.01. The smallest absolute Gasteiger partial charge is 0.319 e. The molecule has 1 atom stereocenters. The zero-order valence-electron chi connectivity index (χ0n) is 13.8. The molecule has 1 aliphatic rings. The summed E-state index contributed by atoms with van der Waals surface area (Å²) in [6.45, 7) is 5.30. The molecule has 0 bridgehead atoms. The van der Waals surface area contributed by atoms with Crippen LogP contribution in [0.25, 0.3) is 0 Å². The number of carbonyl (C=O) groups excluding carboxylic acids is 3. The van der Waals surface area contributed by atoms with Gasteiger partial charge >= 0.3 is 6.03 Å². The monoisotopic (exact) mass is 342 g/mol. The number of rotatable bonds is 4. The quantitative estimate of drug-likeness (QED) is 0.686. The maximum Gasteiger partial charge on any atom is 0.325 e. The van der Waals surface area contributed by atoms with Crippen molar-refractivity contribution >= 4 is 29.1 Å². The highest BCUT2D eigenvalue weighted by molar-refractivity contribution is 7.10. The molecule has 1 aliphatic heterocycles. The molecular formula is C18H18N2O3S. The van der Waals surface area contributed by atoms with Crippen LogP contribution in [0.4, 0.5) is 4.79 Å². The summed E-state index contributed by atoms with van der Waals surface area (Å²) in [7, 11) is 0. The highest BCUT2D eigenvalue weighted by Crippen LogP contribution is 2.31. The number of benzene rings is 1. The van der Waals surface area contributed by atoms with Gasteiger partial charge in [0.1, 0.15) is 0 Å². The Labute approximate surface area is 144 Å². The maximum absolute atomic E-state index is 12.7. The minimum Gasteiger partial charge on any atom is -0.319 e. The lowest BCUT2D eigenvalue weighted by molar-refractivity contribution is -0.130. The molecule has 3 amide bonds. The van der Waals surface area contributed by atoms with Crippen LogP contribution in [0, 0.1) is 13.8 Å². The van der Waals surface area contributed by atoms with Crippen LogP contribution in [0.2, 0.25) is 0 Å². The number of Topliss-reactive ketones (excluding diaryl/α,β-unsaturated/α-hetero) is 1. The largest absolute Gasteiger partial charge is 0.325 e. The Morgan fingerprint density at radius 3 is 2.58 bits per heavy atom. The minimum absolute atomic E-state index is 0.253. The van der Waals surface area contributed by atoms with Crippen molar-refractivity contribution in [3.63, 3.8) is 0 Å². The Morgan fingerprint density at radius 1 is 1.21 bits per heavy atom. The van der Waals surface area contributed by atoms with Gasteiger partial charge in [0.05, 0.1) is 6.54 Å². The number of amides is 3. The molecule has 0 radical (unpaired) electrons. The number of ketones is 1. The molecule has 6 heteroatoms. The number of nitrogens with zero attached hydrogens (tertiary/aromatic N) is 1. The second kappa shape index (κ2) is 5.87. The average molecular weight is 342 g/mol. The molecule has 3 rings (SSSR count). The van der Waals surface area contributed by atoms with Crippen LogP contribution in [-0.2, 0) is 10.3 Å². The number of thiophene rings is 1. The Hall–Kier alpha value is -2.47. The van der Waals surface area contributed by atoms with Crippen molar-refractivity contribution in [1.82, 2.24) is 10.2 Å². The van der Waals surface area contributed by atoms with E-state index >= 15 is 0 Å². The molecule has 0 aliphatic carbocycles. The lowest BCUT2D eigenvalue weighted by Gasteiger charge is -2.19. The van der Waals surface area contributed by atoms with Gasteiger partial charge in [0.15, 0.2) is 11.3 Å². The van der Waals surface area contributed by atoms with E-state index in [0.717, 1.165) is 20.9 Å². The number of nitrogens with one attached hydrogen (secondary N) is 1. The van der Waals surface area contributed by atoms with E-state index in [0.29, 0.717) is 5.56 Å². The molecule has 1 aromatic carbocycles. The van der Waals surface area contributed by atoms with E-state index in [1.54, 1.807) is 25.1 Å². The van der Waals surface area contributed by atoms with Crippen molar-refractivity contribution in [1.29, 1.82) is 0 Å². The fourth-order valence-electron chi connectivity index (χ4n) is 2.72. The van der Waals surface area contributed by atoms with E-state index in [9.17, 15) is 14.4 Å². The van der Waals surface area contributed by atoms with Crippen molar-refractivity contribution in [2.45, 2.75) is 26.3 Å². The molecule has 1 unspecified atom stereocenters. The fourth-order valence-corrected chi connectivity index (χ4v) is 3.56. The highest BCUT2D eigenvalue weighted by atomic mass is 32.1. The summed E-state index contributed by atoms with van der Waals surface area (Å²) < 4.78 is 0. The summed E-state index contributed by atoms with van der Waals surface area (Å²) in [5.41, 5.74) is 1.49. The molecule has 1 fully saturated rings. The van der Waals surface area contributed by atoms with Crippen LogP contribution in [-0.4, -0.2) is 29.2 Å². The Bertz CT molecular complexity index is 829. The van der Waals surface area contributed by atoms with E-state index in [1.165, 1.54) is 11.3 Å². The molecule has 0 saturated carbocycles. The lowest BCUT2D eigenvalue weighted by Crippen LogP contribution is -2.40. The zero-order chi connectivity index (χ0) is 17.5. The molecule has 1 saturated heterocycles. The number of carbonyl (C=O) groups is 3. The summed E-state index contributed by atoms with van der Waals surface area (Å²) in [5.74, 6) is -0.649. The fraction of sp³-hybridized carbons (Fsp3) is 0.278. The first-order valence-corrected chi connectivity index (χ1v) is 8.49. The summed E-state index contributed by atoms with van der Waals surface area (Å²) in [6, 6.07) is 8.47. The Morgan fingerprint density at radius 2 is 1.96 bits per heavy atom. The van der Waals surface area contributed by atoms with Crippen LogP contribution in [0.15, 0.2) is 35.7 Å². The third kappa shape index (κ3) is 2.63. The number of imide groups is 1. The van der Waals surface area contributed by atoms with E-state index in [-0.39, 0.29) is 12.3 Å². The van der Waals surface area contributed by atoms with Crippen LogP contribution in [0.3, 0.4) is 0 Å². The zero-order valence-corrected chi connectivity index (χ0v) is 14.6. The second-order valence-corrected chi connectivity index (χ2v) is 7.09. The Balaban J connectivity index is 1.82. The van der Waals surface area contributed by atoms with Gasteiger partial charge in [0.25, 0.3) is 5.91 Å². The van der Waals surface area contributed by atoms with Gasteiger partial charge in [-0.2, -0.15) is 0 Å². The summed E-state index contributed by atoms with van der Waals surface area (Å²) in [6.07, 6.45) is 0. The third-order valence-corrected chi connectivity index (χ3v) is 5.51. The van der Waals surface area contributed by atoms with Gasteiger partial charge in [-0.25, -0.2) is 4.79 Å². The van der Waals surface area contributed by atoms with Crippen molar-refractivity contribution < 1.29 is 14.4 Å². The standard InChI is InChI=1S/C18H18N2O3S/c1-11-6-7-13(9-12(11)2)14(21)10-20-16(22)18(3,19-17(20)23)15-5-4-8-24-15/h4-9H,10H2,1-3H3,(H,19,23). The highest BCUT2D eigenvalue weighted by Gasteiger charge is 2.50. The molecule has 0 spiro atoms. The van der Waals surface area contributed by atoms with Gasteiger partial charge in [-0.15, -0.1) is 11.3 Å². The van der Waals surface area contributed by atoms with Crippen LogP contribution < -0.4 is 5.32 Å². The predicted octanol–water partition coefficient (Wildman–Crippen LogP) is 3.01. The van der Waals surface area contributed by atoms with Gasteiger partial charge in [0.2, 0.25) is 0 Å². The van der Waals surface area contributed by atoms with Gasteiger partial charge in [0, 0.05) is 10.4 Å². The van der Waals surface area contributed by atoms with Crippen molar-refractivity contribution in [3.8, 4) is 0 Å². The number of urea groups is 1. The van der Waals surface area contributed by atoms with Gasteiger partial charge in [-0.05, 0) is 49.4 Å². The topological polar surface area (TPSA) is 66.5 Å². The molecule has 1 N–H and O–H groups in total. The van der Waals surface area contributed by atoms with Gasteiger partial charge < -0.3 is 5.32 Å². The lowest BCUT2D eigenvalue weighted by atomic mass is 10.00. The SMILES string of the molecule is Cc1ccc(C(=O)CN2C(=O)NC(C)(c3cccs3)C2=O)cc1C. The summed E-state index contributed by atoms with van der Waals surface area (Å²) in [5, 5.41) is 4.56. The first-order chi connectivity index (χ1) is 11.3. The van der Waals surface area contributed by atoms with Crippen molar-refractivity contribution in [2.24, 2.45) is 0 Å². The molecule has 5 nitrogen and oxygen atoms in total. The maximum atomic E-state index is 12.7. The molecule has 2 aromatic rings. The van der Waals surface area contributed by atoms with Gasteiger partial charge in [-0.1, -0.05) is 18.2 Å². The number of hydrogen-bond donors (Lipinski definition) is 1. The van der Waals surface area contributed by atoms with Crippen molar-refractivity contribution in [3.05, 3.63) is 57.3 Å². The van der Waals surface area contributed by atoms with Crippen LogP contribution >= 0.6 is 11.3 Å². The minimum atomic E-state index is -1.10. The normalized spacial score (nSPS) is 20.4. The van der Waals surface area contributed by atoms with Gasteiger partial charge in [-0.3, -0.25) is 14.5 Å². The number of aryl methyl sites for hydroxylation is 2. The summed E-state index contributed by atoms with van der Waals surface area (Å²) in [4.78, 5) is 39.2. The molecule has 124 valence electrons. The molecular weight excluding hydrogens is 324 g/mol.